The van der Waals surface area contributed by atoms with Gasteiger partial charge in [-0.3, -0.25) is 0 Å². The van der Waals surface area contributed by atoms with Gasteiger partial charge in [-0.1, -0.05) is 26.2 Å². The summed E-state index contributed by atoms with van der Waals surface area (Å²) in [7, 11) is 0. The largest absolute Gasteiger partial charge is 0.507 e. The number of hydrogen-bond acceptors (Lipinski definition) is 4. The normalized spacial score (nSPS) is 21.3. The van der Waals surface area contributed by atoms with E-state index in [4.69, 9.17) is 4.74 Å². The van der Waals surface area contributed by atoms with Gasteiger partial charge in [-0.25, -0.2) is 0 Å². The van der Waals surface area contributed by atoms with Gasteiger partial charge in [0.1, 0.15) is 17.1 Å². The molecule has 1 aromatic carbocycles. The average Bonchev–Trinajstić information content (AvgIpc) is 2.69. The Kier molecular flexibility index (Phi) is 9.32. The van der Waals surface area contributed by atoms with Gasteiger partial charge in [0.05, 0.1) is 11.2 Å². The van der Waals surface area contributed by atoms with Crippen LogP contribution in [0.25, 0.3) is 0 Å². The molecule has 0 bridgehead atoms. The van der Waals surface area contributed by atoms with Crippen molar-refractivity contribution in [3.8, 4) is 11.5 Å². The molecule has 0 saturated carbocycles. The van der Waals surface area contributed by atoms with Crippen molar-refractivity contribution in [2.24, 2.45) is 5.92 Å². The Hall–Kier alpha value is -1.26. The fourth-order valence-electron chi connectivity index (χ4n) is 5.30. The van der Waals surface area contributed by atoms with E-state index in [0.717, 1.165) is 86.6 Å². The lowest BCUT2D eigenvalue weighted by molar-refractivity contribution is 0.0214. The second-order valence-corrected chi connectivity index (χ2v) is 12.1. The molecule has 1 aliphatic rings. The third kappa shape index (κ3) is 8.17. The van der Waals surface area contributed by atoms with E-state index in [1.54, 1.807) is 0 Å². The summed E-state index contributed by atoms with van der Waals surface area (Å²) in [6, 6.07) is 0. The Balaban J connectivity index is 1.76. The number of phenolic OH excluding ortho intramolecular Hbond substituents is 1. The first kappa shape index (κ1) is 28.0. The molecule has 1 aliphatic heterocycles. The monoisotopic (exact) mass is 462 g/mol. The highest BCUT2D eigenvalue weighted by atomic mass is 16.5. The molecule has 1 heterocycles. The van der Waals surface area contributed by atoms with Crippen LogP contribution < -0.4 is 4.74 Å². The van der Waals surface area contributed by atoms with Crippen LogP contribution in [0.15, 0.2) is 0 Å². The van der Waals surface area contributed by atoms with E-state index in [0.29, 0.717) is 11.7 Å². The molecule has 3 unspecified atom stereocenters. The highest BCUT2D eigenvalue weighted by Gasteiger charge is 2.34. The fraction of sp³-hybridized carbons (Fsp3) is 0.793. The molecule has 0 saturated heterocycles. The maximum absolute atomic E-state index is 10.6. The van der Waals surface area contributed by atoms with E-state index in [-0.39, 0.29) is 5.60 Å². The highest BCUT2D eigenvalue weighted by Crippen LogP contribution is 2.44. The van der Waals surface area contributed by atoms with Crippen LogP contribution in [0.5, 0.6) is 11.5 Å². The number of phenols is 1. The second kappa shape index (κ2) is 11.0. The molecule has 3 atom stereocenters. The quantitative estimate of drug-likeness (QED) is 0.311. The van der Waals surface area contributed by atoms with E-state index >= 15 is 0 Å². The Morgan fingerprint density at radius 3 is 2.15 bits per heavy atom. The van der Waals surface area contributed by atoms with Crippen LogP contribution in [0, 0.1) is 26.7 Å². The van der Waals surface area contributed by atoms with Crippen LogP contribution in [-0.2, 0) is 6.42 Å². The number of benzene rings is 1. The number of hydrogen-bond donors (Lipinski definition) is 3. The van der Waals surface area contributed by atoms with Gasteiger partial charge in [0, 0.05) is 5.56 Å². The van der Waals surface area contributed by atoms with Crippen molar-refractivity contribution >= 4 is 0 Å². The van der Waals surface area contributed by atoms with Gasteiger partial charge in [-0.2, -0.15) is 0 Å². The van der Waals surface area contributed by atoms with Crippen molar-refractivity contribution in [2.45, 2.75) is 143 Å². The van der Waals surface area contributed by atoms with Gasteiger partial charge in [-0.05, 0) is 122 Å². The first-order valence-corrected chi connectivity index (χ1v) is 13.1. The summed E-state index contributed by atoms with van der Waals surface area (Å²) < 4.78 is 6.57. The van der Waals surface area contributed by atoms with Gasteiger partial charge in [0.2, 0.25) is 0 Å². The summed E-state index contributed by atoms with van der Waals surface area (Å²) in [6.45, 7) is 16.2. The van der Waals surface area contributed by atoms with Crippen molar-refractivity contribution in [1.82, 2.24) is 0 Å². The minimum atomic E-state index is -0.649. The summed E-state index contributed by atoms with van der Waals surface area (Å²) in [6.07, 6.45) is 10.7. The van der Waals surface area contributed by atoms with Gasteiger partial charge in [0.25, 0.3) is 0 Å². The summed E-state index contributed by atoms with van der Waals surface area (Å²) in [5, 5.41) is 30.9. The molecule has 0 amide bonds. The number of aliphatic hydroxyl groups is 2. The van der Waals surface area contributed by atoms with Gasteiger partial charge < -0.3 is 20.1 Å². The molecule has 0 spiro atoms. The number of aromatic hydroxyl groups is 1. The first-order valence-electron chi connectivity index (χ1n) is 13.1. The molecule has 1 aromatic rings. The molecule has 0 aromatic heterocycles. The zero-order valence-corrected chi connectivity index (χ0v) is 22.6. The van der Waals surface area contributed by atoms with Crippen molar-refractivity contribution in [2.75, 3.05) is 0 Å². The van der Waals surface area contributed by atoms with E-state index in [2.05, 4.69) is 20.8 Å². The lowest BCUT2D eigenvalue weighted by Gasteiger charge is -2.38. The van der Waals surface area contributed by atoms with Gasteiger partial charge in [0.15, 0.2) is 0 Å². The van der Waals surface area contributed by atoms with Crippen LogP contribution in [0.4, 0.5) is 0 Å². The third-order valence-electron chi connectivity index (χ3n) is 7.91. The van der Waals surface area contributed by atoms with E-state index in [1.165, 1.54) is 12.0 Å². The van der Waals surface area contributed by atoms with Crippen molar-refractivity contribution in [1.29, 1.82) is 0 Å². The molecular formula is C29H50O4. The van der Waals surface area contributed by atoms with Gasteiger partial charge in [-0.15, -0.1) is 0 Å². The first-order chi connectivity index (χ1) is 15.1. The predicted octanol–water partition coefficient (Wildman–Crippen LogP) is 7.07. The van der Waals surface area contributed by atoms with Crippen LogP contribution in [0.1, 0.15) is 121 Å². The van der Waals surface area contributed by atoms with Crippen LogP contribution in [-0.4, -0.2) is 32.1 Å². The van der Waals surface area contributed by atoms with Crippen LogP contribution in [0.3, 0.4) is 0 Å². The Labute approximate surface area is 202 Å². The zero-order chi connectivity index (χ0) is 25.0. The third-order valence-corrected chi connectivity index (χ3v) is 7.91. The molecule has 0 aliphatic carbocycles. The topological polar surface area (TPSA) is 69.9 Å². The maximum Gasteiger partial charge on any atom is 0.127 e. The smallest absolute Gasteiger partial charge is 0.127 e. The average molecular weight is 463 g/mol. The van der Waals surface area contributed by atoms with Crippen LogP contribution in [0.2, 0.25) is 0 Å². The summed E-state index contributed by atoms with van der Waals surface area (Å²) in [5.74, 6) is 2.06. The van der Waals surface area contributed by atoms with E-state index in [1.807, 2.05) is 34.6 Å². The van der Waals surface area contributed by atoms with Crippen LogP contribution >= 0.6 is 0 Å². The van der Waals surface area contributed by atoms with Crippen molar-refractivity contribution in [3.63, 3.8) is 0 Å². The minimum absolute atomic E-state index is 0.141. The minimum Gasteiger partial charge on any atom is -0.507 e. The predicted molar refractivity (Wildman–Crippen MR) is 137 cm³/mol. The molecule has 33 heavy (non-hydrogen) atoms. The zero-order valence-electron chi connectivity index (χ0n) is 22.6. The van der Waals surface area contributed by atoms with Crippen molar-refractivity contribution in [3.05, 3.63) is 22.3 Å². The Morgan fingerprint density at radius 2 is 1.52 bits per heavy atom. The molecule has 4 nitrogen and oxygen atoms in total. The van der Waals surface area contributed by atoms with Gasteiger partial charge >= 0.3 is 0 Å². The Morgan fingerprint density at radius 1 is 0.909 bits per heavy atom. The summed E-state index contributed by atoms with van der Waals surface area (Å²) >= 11 is 0. The molecule has 0 radical (unpaired) electrons. The second-order valence-electron chi connectivity index (χ2n) is 12.1. The highest BCUT2D eigenvalue weighted by molar-refractivity contribution is 5.58. The standard InChI is InChI=1S/C29H50O4/c1-20(12-9-16-28(7,32)17-11-15-27(5,6)31)13-10-18-29(8)19-14-24-23(4)25(30)21(2)22(3)26(24)33-29/h20,30-32H,9-19H2,1-8H3. The maximum atomic E-state index is 10.6. The Bertz CT molecular complexity index is 790. The lowest BCUT2D eigenvalue weighted by atomic mass is 9.83. The molecule has 190 valence electrons. The SMILES string of the molecule is Cc1c(C)c2c(c(C)c1O)CCC(C)(CCCC(C)CCCC(C)(O)CCCC(C)(C)O)O2. The molecule has 4 heteroatoms. The molecule has 2 rings (SSSR count). The number of ether oxygens (including phenoxy) is 1. The van der Waals surface area contributed by atoms with E-state index in [9.17, 15) is 15.3 Å². The number of fused-ring (bicyclic) bond motifs is 1. The summed E-state index contributed by atoms with van der Waals surface area (Å²) in [4.78, 5) is 0. The fourth-order valence-corrected chi connectivity index (χ4v) is 5.30. The molecule has 3 N–H and O–H groups in total. The summed E-state index contributed by atoms with van der Waals surface area (Å²) in [5.41, 5.74) is 2.73. The molecular weight excluding hydrogens is 412 g/mol. The lowest BCUT2D eigenvalue weighted by Crippen LogP contribution is -2.37. The van der Waals surface area contributed by atoms with Crippen molar-refractivity contribution < 1.29 is 20.1 Å². The molecule has 0 fully saturated rings. The van der Waals surface area contributed by atoms with E-state index < -0.39 is 11.2 Å². The number of rotatable bonds is 12.